The maximum Gasteiger partial charge on any atom is 0.344 e. The zero-order valence-electron chi connectivity index (χ0n) is 9.44. The highest BCUT2D eigenvalue weighted by atomic mass is 127. The molecule has 0 amide bonds. The summed E-state index contributed by atoms with van der Waals surface area (Å²) in [6.45, 7) is 5.37. The Balaban J connectivity index is 3.03. The lowest BCUT2D eigenvalue weighted by Crippen LogP contribution is -2.14. The van der Waals surface area contributed by atoms with Crippen LogP contribution in [0.4, 0.5) is 0 Å². The molecule has 0 fully saturated rings. The quantitative estimate of drug-likeness (QED) is 0.395. The molecule has 0 saturated carbocycles. The summed E-state index contributed by atoms with van der Waals surface area (Å²) in [5.41, 5.74) is 3.13. The van der Waals surface area contributed by atoms with Crippen LogP contribution in [0.15, 0.2) is 42.1 Å². The van der Waals surface area contributed by atoms with E-state index in [1.165, 1.54) is 0 Å². The number of carbonyl (C=O) groups excluding carboxylic acids is 1. The fourth-order valence-corrected chi connectivity index (χ4v) is 2.02. The van der Waals surface area contributed by atoms with E-state index >= 15 is 0 Å². The Kier molecular flexibility index (Phi) is 5.41. The van der Waals surface area contributed by atoms with Crippen molar-refractivity contribution in [1.29, 1.82) is 0 Å². The first kappa shape index (κ1) is 14.0. The van der Waals surface area contributed by atoms with Crippen molar-refractivity contribution in [1.82, 2.24) is 0 Å². The molecule has 0 aliphatic carbocycles. The second-order valence-corrected chi connectivity index (χ2v) is 4.40. The van der Waals surface area contributed by atoms with Crippen molar-refractivity contribution < 1.29 is 14.6 Å². The minimum atomic E-state index is -1.06. The van der Waals surface area contributed by atoms with E-state index in [-0.39, 0.29) is 12.2 Å². The minimum absolute atomic E-state index is 0.0379. The lowest BCUT2D eigenvalue weighted by atomic mass is 10.0. The third-order valence-corrected chi connectivity index (χ3v) is 3.14. The van der Waals surface area contributed by atoms with E-state index in [0.717, 1.165) is 3.57 Å². The number of halogens is 1. The van der Waals surface area contributed by atoms with Crippen molar-refractivity contribution in [2.45, 2.75) is 13.0 Å². The van der Waals surface area contributed by atoms with Crippen LogP contribution in [0.25, 0.3) is 0 Å². The summed E-state index contributed by atoms with van der Waals surface area (Å²) >= 11 is 2.10. The van der Waals surface area contributed by atoms with Gasteiger partial charge in [-0.15, -0.1) is 5.73 Å². The van der Waals surface area contributed by atoms with E-state index in [4.69, 9.17) is 4.74 Å². The summed E-state index contributed by atoms with van der Waals surface area (Å²) < 4.78 is 5.71. The predicted molar refractivity (Wildman–Crippen MR) is 73.4 cm³/mol. The Morgan fingerprint density at radius 1 is 1.59 bits per heavy atom. The number of carbonyl (C=O) groups is 1. The van der Waals surface area contributed by atoms with Gasteiger partial charge in [0.05, 0.1) is 6.61 Å². The van der Waals surface area contributed by atoms with E-state index in [2.05, 4.69) is 34.9 Å². The van der Waals surface area contributed by atoms with Gasteiger partial charge in [0.2, 0.25) is 0 Å². The molecular weight excluding hydrogens is 331 g/mol. The van der Waals surface area contributed by atoms with Crippen molar-refractivity contribution in [2.75, 3.05) is 6.61 Å². The van der Waals surface area contributed by atoms with E-state index in [1.54, 1.807) is 19.1 Å². The number of hydrogen-bond donors (Lipinski definition) is 1. The first-order valence-corrected chi connectivity index (χ1v) is 6.19. The standard InChI is InChI=1S/C13H13IO3/c1-3-9(13(16)17-4-2)12(15)10-7-5-6-8-11(10)14/h5-8,12,15H,1,4H2,2H3. The molecule has 0 aromatic heterocycles. The molecule has 1 N–H and O–H groups in total. The number of hydrogen-bond acceptors (Lipinski definition) is 3. The van der Waals surface area contributed by atoms with Crippen LogP contribution in [-0.4, -0.2) is 17.7 Å². The van der Waals surface area contributed by atoms with Crippen molar-refractivity contribution in [3.8, 4) is 0 Å². The lowest BCUT2D eigenvalue weighted by Gasteiger charge is -2.13. The molecule has 0 aliphatic rings. The smallest absolute Gasteiger partial charge is 0.344 e. The molecular formula is C13H13IO3. The van der Waals surface area contributed by atoms with Crippen molar-refractivity contribution in [3.63, 3.8) is 0 Å². The predicted octanol–water partition coefficient (Wildman–Crippen LogP) is 2.60. The van der Waals surface area contributed by atoms with Crippen LogP contribution in [0.1, 0.15) is 18.6 Å². The highest BCUT2D eigenvalue weighted by Crippen LogP contribution is 2.25. The molecule has 4 heteroatoms. The van der Waals surface area contributed by atoms with Gasteiger partial charge in [0.25, 0.3) is 0 Å². The van der Waals surface area contributed by atoms with Gasteiger partial charge in [-0.05, 0) is 41.1 Å². The molecule has 1 aromatic carbocycles. The first-order chi connectivity index (χ1) is 8.11. The molecule has 1 rings (SSSR count). The molecule has 3 nitrogen and oxygen atoms in total. The third kappa shape index (κ3) is 3.43. The van der Waals surface area contributed by atoms with Gasteiger partial charge >= 0.3 is 5.97 Å². The molecule has 0 saturated heterocycles. The van der Waals surface area contributed by atoms with Crippen LogP contribution in [0.5, 0.6) is 0 Å². The number of esters is 1. The van der Waals surface area contributed by atoms with Gasteiger partial charge < -0.3 is 9.84 Å². The Morgan fingerprint density at radius 3 is 2.76 bits per heavy atom. The molecule has 0 heterocycles. The number of benzene rings is 1. The van der Waals surface area contributed by atoms with Gasteiger partial charge in [0.1, 0.15) is 11.7 Å². The Hall–Kier alpha value is -1.10. The molecule has 1 atom stereocenters. The van der Waals surface area contributed by atoms with E-state index in [0.29, 0.717) is 5.56 Å². The van der Waals surface area contributed by atoms with Crippen LogP contribution >= 0.6 is 22.6 Å². The summed E-state index contributed by atoms with van der Waals surface area (Å²) in [6, 6.07) is 7.26. The SMILES string of the molecule is C=C=C(C(=O)OCC)C(O)c1ccccc1I. The molecule has 0 aliphatic heterocycles. The largest absolute Gasteiger partial charge is 0.462 e. The van der Waals surface area contributed by atoms with E-state index in [9.17, 15) is 9.90 Å². The molecule has 1 aromatic rings. The Labute approximate surface area is 114 Å². The third-order valence-electron chi connectivity index (χ3n) is 2.16. The summed E-state index contributed by atoms with van der Waals surface area (Å²) in [4.78, 5) is 11.6. The van der Waals surface area contributed by atoms with Crippen molar-refractivity contribution in [2.24, 2.45) is 0 Å². The van der Waals surface area contributed by atoms with Gasteiger partial charge in [-0.2, -0.15) is 0 Å². The Bertz CT molecular complexity index is 461. The molecule has 90 valence electrons. The average Bonchev–Trinajstić information content (AvgIpc) is 2.30. The minimum Gasteiger partial charge on any atom is -0.462 e. The van der Waals surface area contributed by atoms with Gasteiger partial charge in [0, 0.05) is 3.57 Å². The van der Waals surface area contributed by atoms with E-state index < -0.39 is 12.1 Å². The first-order valence-electron chi connectivity index (χ1n) is 5.11. The zero-order valence-corrected chi connectivity index (χ0v) is 11.6. The van der Waals surface area contributed by atoms with E-state index in [1.807, 2.05) is 12.1 Å². The fraction of sp³-hybridized carbons (Fsp3) is 0.231. The molecule has 0 spiro atoms. The Morgan fingerprint density at radius 2 is 2.24 bits per heavy atom. The summed E-state index contributed by atoms with van der Waals surface area (Å²) in [7, 11) is 0. The topological polar surface area (TPSA) is 46.5 Å². The number of rotatable bonds is 4. The van der Waals surface area contributed by atoms with Crippen LogP contribution in [-0.2, 0) is 9.53 Å². The second-order valence-electron chi connectivity index (χ2n) is 3.23. The average molecular weight is 344 g/mol. The number of ether oxygens (including phenoxy) is 1. The van der Waals surface area contributed by atoms with Crippen LogP contribution in [0, 0.1) is 3.57 Å². The summed E-state index contributed by atoms with van der Waals surface area (Å²) in [5, 5.41) is 10.1. The lowest BCUT2D eigenvalue weighted by molar-refractivity contribution is -0.139. The second kappa shape index (κ2) is 6.59. The summed E-state index contributed by atoms with van der Waals surface area (Å²) in [6.07, 6.45) is -1.06. The highest BCUT2D eigenvalue weighted by Gasteiger charge is 2.22. The van der Waals surface area contributed by atoms with Gasteiger partial charge in [-0.3, -0.25) is 0 Å². The van der Waals surface area contributed by atoms with Gasteiger partial charge in [-0.25, -0.2) is 4.79 Å². The monoisotopic (exact) mass is 344 g/mol. The van der Waals surface area contributed by atoms with Crippen molar-refractivity contribution in [3.05, 3.63) is 51.3 Å². The highest BCUT2D eigenvalue weighted by molar-refractivity contribution is 14.1. The van der Waals surface area contributed by atoms with Crippen LogP contribution < -0.4 is 0 Å². The zero-order chi connectivity index (χ0) is 12.8. The molecule has 1 unspecified atom stereocenters. The van der Waals surface area contributed by atoms with Crippen LogP contribution in [0.2, 0.25) is 0 Å². The fourth-order valence-electron chi connectivity index (χ4n) is 1.34. The van der Waals surface area contributed by atoms with Gasteiger partial charge in [0.15, 0.2) is 0 Å². The van der Waals surface area contributed by atoms with Crippen LogP contribution in [0.3, 0.4) is 0 Å². The maximum absolute atomic E-state index is 11.6. The maximum atomic E-state index is 11.6. The summed E-state index contributed by atoms with van der Waals surface area (Å²) in [5.74, 6) is -0.588. The van der Waals surface area contributed by atoms with Gasteiger partial charge in [-0.1, -0.05) is 24.8 Å². The van der Waals surface area contributed by atoms with Crippen molar-refractivity contribution >= 4 is 28.6 Å². The number of aliphatic hydroxyl groups is 1. The number of aliphatic hydroxyl groups excluding tert-OH is 1. The normalized spacial score (nSPS) is 11.5. The molecule has 0 bridgehead atoms. The molecule has 17 heavy (non-hydrogen) atoms. The molecule has 0 radical (unpaired) electrons.